The molecule has 33 heavy (non-hydrogen) atoms. The number of aromatic nitrogens is 2. The van der Waals surface area contributed by atoms with Crippen LogP contribution in [-0.4, -0.2) is 24.1 Å². The number of nitrogens with one attached hydrogen (secondary N) is 2. The minimum atomic E-state index is -4.09. The summed E-state index contributed by atoms with van der Waals surface area (Å²) in [7, 11) is -4.09. The average molecular weight is 465 g/mol. The van der Waals surface area contributed by atoms with Crippen molar-refractivity contribution in [1.29, 1.82) is 0 Å². The molecular formula is C24H21FN4O3S. The van der Waals surface area contributed by atoms with Crippen molar-refractivity contribution in [2.75, 3.05) is 4.72 Å². The van der Waals surface area contributed by atoms with Crippen molar-refractivity contribution in [1.82, 2.24) is 15.1 Å². The number of para-hydroxylation sites is 2. The third-order valence-electron chi connectivity index (χ3n) is 5.06. The van der Waals surface area contributed by atoms with Crippen molar-refractivity contribution >= 4 is 21.6 Å². The van der Waals surface area contributed by atoms with Gasteiger partial charge in [-0.25, -0.2) is 17.5 Å². The number of amides is 1. The number of aryl methyl sites for hydroxylation is 1. The summed E-state index contributed by atoms with van der Waals surface area (Å²) in [6.07, 6.45) is 3.47. The second-order valence-corrected chi connectivity index (χ2v) is 9.01. The molecule has 3 aromatic carbocycles. The molecule has 0 aliphatic rings. The summed E-state index contributed by atoms with van der Waals surface area (Å²) >= 11 is 0. The number of hydrogen-bond acceptors (Lipinski definition) is 4. The molecule has 0 bridgehead atoms. The van der Waals surface area contributed by atoms with Crippen molar-refractivity contribution in [3.63, 3.8) is 0 Å². The molecule has 0 saturated carbocycles. The highest BCUT2D eigenvalue weighted by Crippen LogP contribution is 2.21. The van der Waals surface area contributed by atoms with E-state index in [-0.39, 0.29) is 22.7 Å². The van der Waals surface area contributed by atoms with E-state index in [1.54, 1.807) is 29.9 Å². The maximum absolute atomic E-state index is 13.9. The van der Waals surface area contributed by atoms with Gasteiger partial charge in [-0.2, -0.15) is 5.10 Å². The van der Waals surface area contributed by atoms with Crippen LogP contribution in [0.25, 0.3) is 5.69 Å². The highest BCUT2D eigenvalue weighted by molar-refractivity contribution is 7.92. The second kappa shape index (κ2) is 9.25. The van der Waals surface area contributed by atoms with Crippen LogP contribution in [0.5, 0.6) is 0 Å². The molecule has 0 aliphatic carbocycles. The van der Waals surface area contributed by atoms with E-state index in [9.17, 15) is 17.6 Å². The molecule has 0 atom stereocenters. The van der Waals surface area contributed by atoms with Gasteiger partial charge in [0.25, 0.3) is 15.9 Å². The fraction of sp³-hybridized carbons (Fsp3) is 0.0833. The maximum atomic E-state index is 13.9. The molecule has 7 nitrogen and oxygen atoms in total. The fourth-order valence-corrected chi connectivity index (χ4v) is 4.42. The van der Waals surface area contributed by atoms with E-state index >= 15 is 0 Å². The molecule has 2 N–H and O–H groups in total. The van der Waals surface area contributed by atoms with Crippen molar-refractivity contribution in [2.24, 2.45) is 0 Å². The van der Waals surface area contributed by atoms with Crippen molar-refractivity contribution < 1.29 is 17.6 Å². The number of sulfonamides is 1. The quantitative estimate of drug-likeness (QED) is 0.432. The molecule has 0 saturated heterocycles. The first-order chi connectivity index (χ1) is 15.8. The van der Waals surface area contributed by atoms with Gasteiger partial charge in [0, 0.05) is 24.5 Å². The van der Waals surface area contributed by atoms with Crippen LogP contribution >= 0.6 is 0 Å². The molecule has 4 rings (SSSR count). The number of hydrogen-bond donors (Lipinski definition) is 2. The lowest BCUT2D eigenvalue weighted by atomic mass is 10.1. The normalized spacial score (nSPS) is 11.2. The van der Waals surface area contributed by atoms with Crippen LogP contribution < -0.4 is 10.0 Å². The van der Waals surface area contributed by atoms with Crippen LogP contribution in [0.1, 0.15) is 21.5 Å². The lowest BCUT2D eigenvalue weighted by Gasteiger charge is -2.13. The maximum Gasteiger partial charge on any atom is 0.262 e. The van der Waals surface area contributed by atoms with Crippen molar-refractivity contribution in [3.8, 4) is 5.69 Å². The summed E-state index contributed by atoms with van der Waals surface area (Å²) < 4.78 is 43.4. The van der Waals surface area contributed by atoms with Gasteiger partial charge in [-0.05, 0) is 54.4 Å². The van der Waals surface area contributed by atoms with Gasteiger partial charge in [0.2, 0.25) is 0 Å². The molecule has 0 spiro atoms. The van der Waals surface area contributed by atoms with Gasteiger partial charge in [-0.1, -0.05) is 36.4 Å². The summed E-state index contributed by atoms with van der Waals surface area (Å²) in [4.78, 5) is 12.8. The zero-order chi connectivity index (χ0) is 23.4. The Morgan fingerprint density at radius 1 is 1.03 bits per heavy atom. The molecule has 9 heteroatoms. The van der Waals surface area contributed by atoms with E-state index in [4.69, 9.17) is 0 Å². The molecule has 168 valence electrons. The zero-order valence-corrected chi connectivity index (χ0v) is 18.5. The Kier molecular flexibility index (Phi) is 6.23. The molecule has 0 radical (unpaired) electrons. The summed E-state index contributed by atoms with van der Waals surface area (Å²) in [5.74, 6) is -1.12. The first-order valence-corrected chi connectivity index (χ1v) is 11.6. The van der Waals surface area contributed by atoms with E-state index < -0.39 is 21.7 Å². The summed E-state index contributed by atoms with van der Waals surface area (Å²) in [6, 6.07) is 19.0. The number of rotatable bonds is 7. The van der Waals surface area contributed by atoms with E-state index in [0.717, 1.165) is 17.3 Å². The smallest absolute Gasteiger partial charge is 0.262 e. The third-order valence-corrected chi connectivity index (χ3v) is 6.43. The first-order valence-electron chi connectivity index (χ1n) is 10.1. The van der Waals surface area contributed by atoms with Gasteiger partial charge in [-0.3, -0.25) is 9.52 Å². The second-order valence-electron chi connectivity index (χ2n) is 7.32. The SMILES string of the molecule is Cc1ccc(S(=O)(=O)Nc2ccccc2F)cc1C(=O)NCc1ccccc1-n1cccn1. The Balaban J connectivity index is 1.55. The number of benzene rings is 3. The van der Waals surface area contributed by atoms with Crippen LogP contribution in [0.2, 0.25) is 0 Å². The monoisotopic (exact) mass is 464 g/mol. The Hall–Kier alpha value is -3.98. The van der Waals surface area contributed by atoms with Crippen LogP contribution in [0.15, 0.2) is 90.1 Å². The number of anilines is 1. The highest BCUT2D eigenvalue weighted by Gasteiger charge is 2.19. The van der Waals surface area contributed by atoms with Crippen LogP contribution in [0.3, 0.4) is 0 Å². The largest absolute Gasteiger partial charge is 0.348 e. The minimum absolute atomic E-state index is 0.140. The molecule has 0 unspecified atom stereocenters. The predicted molar refractivity (Wildman–Crippen MR) is 123 cm³/mol. The van der Waals surface area contributed by atoms with E-state index in [0.29, 0.717) is 5.56 Å². The van der Waals surface area contributed by atoms with Gasteiger partial charge < -0.3 is 5.32 Å². The topological polar surface area (TPSA) is 93.1 Å². The fourth-order valence-electron chi connectivity index (χ4n) is 3.33. The number of nitrogens with zero attached hydrogens (tertiary/aromatic N) is 2. The Bertz CT molecular complexity index is 1400. The van der Waals surface area contributed by atoms with Crippen molar-refractivity contribution in [3.05, 3.63) is 108 Å². The van der Waals surface area contributed by atoms with Gasteiger partial charge in [0.15, 0.2) is 0 Å². The molecule has 4 aromatic rings. The Morgan fingerprint density at radius 2 is 1.79 bits per heavy atom. The van der Waals surface area contributed by atoms with Crippen molar-refractivity contribution in [2.45, 2.75) is 18.4 Å². The Labute approximate surface area is 190 Å². The van der Waals surface area contributed by atoms with Gasteiger partial charge in [0.05, 0.1) is 16.3 Å². The van der Waals surface area contributed by atoms with Crippen LogP contribution in [0, 0.1) is 12.7 Å². The number of carbonyl (C=O) groups is 1. The van der Waals surface area contributed by atoms with Gasteiger partial charge in [-0.15, -0.1) is 0 Å². The third kappa shape index (κ3) is 4.93. The number of halogens is 1. The summed E-state index contributed by atoms with van der Waals surface area (Å²) in [6.45, 7) is 1.94. The molecular weight excluding hydrogens is 443 g/mol. The zero-order valence-electron chi connectivity index (χ0n) is 17.7. The average Bonchev–Trinajstić information content (AvgIpc) is 3.34. The van der Waals surface area contributed by atoms with Crippen LogP contribution in [-0.2, 0) is 16.6 Å². The standard InChI is InChI=1S/C24H21FN4O3S/c1-17-11-12-19(33(31,32)28-22-9-4-3-8-21(22)25)15-20(17)24(30)26-16-18-7-2-5-10-23(18)29-14-6-13-27-29/h2-15,28H,16H2,1H3,(H,26,30). The molecule has 1 aromatic heterocycles. The lowest BCUT2D eigenvalue weighted by Crippen LogP contribution is -2.25. The number of carbonyl (C=O) groups excluding carboxylic acids is 1. The lowest BCUT2D eigenvalue weighted by molar-refractivity contribution is 0.0950. The summed E-state index contributed by atoms with van der Waals surface area (Å²) in [5.41, 5.74) is 2.32. The van der Waals surface area contributed by atoms with Gasteiger partial charge in [0.1, 0.15) is 5.82 Å². The van der Waals surface area contributed by atoms with E-state index in [2.05, 4.69) is 15.1 Å². The minimum Gasteiger partial charge on any atom is -0.348 e. The molecule has 0 aliphatic heterocycles. The molecule has 1 heterocycles. The van der Waals surface area contributed by atoms with E-state index in [1.165, 1.54) is 30.3 Å². The van der Waals surface area contributed by atoms with Gasteiger partial charge >= 0.3 is 0 Å². The predicted octanol–water partition coefficient (Wildman–Crippen LogP) is 4.05. The Morgan fingerprint density at radius 3 is 2.55 bits per heavy atom. The molecule has 1 amide bonds. The highest BCUT2D eigenvalue weighted by atomic mass is 32.2. The first kappa shape index (κ1) is 22.2. The van der Waals surface area contributed by atoms with Crippen LogP contribution in [0.4, 0.5) is 10.1 Å². The molecule has 0 fully saturated rings. The van der Waals surface area contributed by atoms with E-state index in [1.807, 2.05) is 30.5 Å². The summed E-state index contributed by atoms with van der Waals surface area (Å²) in [5, 5.41) is 7.07.